The lowest BCUT2D eigenvalue weighted by Crippen LogP contribution is -2.45. The van der Waals surface area contributed by atoms with Crippen LogP contribution in [-0.4, -0.2) is 52.5 Å². The van der Waals surface area contributed by atoms with E-state index < -0.39 is 0 Å². The summed E-state index contributed by atoms with van der Waals surface area (Å²) >= 11 is 0. The van der Waals surface area contributed by atoms with Crippen LogP contribution < -0.4 is 10.6 Å². The summed E-state index contributed by atoms with van der Waals surface area (Å²) in [4.78, 5) is 11.7. The molecule has 0 amide bonds. The lowest BCUT2D eigenvalue weighted by atomic mass is 10.2. The van der Waals surface area contributed by atoms with Crippen molar-refractivity contribution < 1.29 is 0 Å². The molecule has 2 N–H and O–H groups in total. The fourth-order valence-corrected chi connectivity index (χ4v) is 4.14. The van der Waals surface area contributed by atoms with Gasteiger partial charge in [-0.25, -0.2) is 4.98 Å². The second-order valence-electron chi connectivity index (χ2n) is 7.19. The van der Waals surface area contributed by atoms with Crippen molar-refractivity contribution in [3.63, 3.8) is 0 Å². The van der Waals surface area contributed by atoms with Crippen LogP contribution in [0.15, 0.2) is 35.6 Å². The van der Waals surface area contributed by atoms with E-state index in [1.807, 2.05) is 35.8 Å². The number of likely N-dealkylation sites (tertiary alicyclic amines) is 1. The van der Waals surface area contributed by atoms with Crippen LogP contribution in [0, 0.1) is 0 Å². The molecule has 1 saturated carbocycles. The van der Waals surface area contributed by atoms with E-state index in [1.165, 1.54) is 38.6 Å². The van der Waals surface area contributed by atoms with Gasteiger partial charge in [0.1, 0.15) is 5.65 Å². The molecule has 2 fully saturated rings. The Balaban J connectivity index is 0.00000196. The third kappa shape index (κ3) is 4.49. The number of halogens is 1. The molecule has 7 heteroatoms. The molecule has 3 heterocycles. The Morgan fingerprint density at radius 1 is 1.27 bits per heavy atom. The van der Waals surface area contributed by atoms with E-state index in [0.717, 1.165) is 29.9 Å². The van der Waals surface area contributed by atoms with Crippen molar-refractivity contribution >= 4 is 35.6 Å². The number of aromatic nitrogens is 2. The zero-order valence-corrected chi connectivity index (χ0v) is 17.7. The number of rotatable bonds is 4. The van der Waals surface area contributed by atoms with Crippen LogP contribution >= 0.6 is 24.0 Å². The summed E-state index contributed by atoms with van der Waals surface area (Å²) in [6.07, 6.45) is 10.9. The summed E-state index contributed by atoms with van der Waals surface area (Å²) in [6, 6.07) is 7.36. The average Bonchev–Trinajstić information content (AvgIpc) is 3.38. The lowest BCUT2D eigenvalue weighted by molar-refractivity contribution is 0.242. The molecule has 0 aromatic carbocycles. The van der Waals surface area contributed by atoms with Crippen LogP contribution in [0.4, 0.5) is 0 Å². The smallest absolute Gasteiger partial charge is 0.191 e. The second kappa shape index (κ2) is 9.03. The molecular weight excluding hydrogens is 439 g/mol. The van der Waals surface area contributed by atoms with Gasteiger partial charge in [-0.05, 0) is 31.4 Å². The second-order valence-corrected chi connectivity index (χ2v) is 7.19. The maximum Gasteiger partial charge on any atom is 0.191 e. The van der Waals surface area contributed by atoms with E-state index in [-0.39, 0.29) is 24.0 Å². The number of hydrogen-bond donors (Lipinski definition) is 2. The number of aliphatic imine (C=N–C) groups is 1. The van der Waals surface area contributed by atoms with E-state index in [2.05, 4.69) is 31.7 Å². The Labute approximate surface area is 172 Å². The van der Waals surface area contributed by atoms with Crippen LogP contribution in [0.25, 0.3) is 5.65 Å². The molecule has 1 aliphatic heterocycles. The summed E-state index contributed by atoms with van der Waals surface area (Å²) in [5, 5.41) is 6.99. The highest BCUT2D eigenvalue weighted by Gasteiger charge is 2.30. The third-order valence-electron chi connectivity index (χ3n) is 5.48. The molecule has 0 bridgehead atoms. The number of imidazole rings is 1. The van der Waals surface area contributed by atoms with Crippen LogP contribution in [-0.2, 0) is 6.54 Å². The quantitative estimate of drug-likeness (QED) is 0.412. The highest BCUT2D eigenvalue weighted by molar-refractivity contribution is 14.0. The molecule has 4 rings (SSSR count). The number of hydrogen-bond acceptors (Lipinski definition) is 3. The highest BCUT2D eigenvalue weighted by atomic mass is 127. The maximum atomic E-state index is 4.62. The van der Waals surface area contributed by atoms with Gasteiger partial charge in [-0.3, -0.25) is 9.89 Å². The van der Waals surface area contributed by atoms with Gasteiger partial charge in [-0.1, -0.05) is 18.9 Å². The minimum absolute atomic E-state index is 0. The Hall–Kier alpha value is -1.35. The predicted molar refractivity (Wildman–Crippen MR) is 116 cm³/mol. The Morgan fingerprint density at radius 3 is 2.88 bits per heavy atom. The van der Waals surface area contributed by atoms with Crippen LogP contribution in [0.2, 0.25) is 0 Å². The largest absolute Gasteiger partial charge is 0.352 e. The fourth-order valence-electron chi connectivity index (χ4n) is 4.14. The van der Waals surface area contributed by atoms with Crippen LogP contribution in [0.5, 0.6) is 0 Å². The molecule has 2 aliphatic rings. The SMILES string of the molecule is CN=C(NCc1cn2ccccc2n1)NC1CCN(C2CCCC2)C1.I. The first-order valence-electron chi connectivity index (χ1n) is 9.45. The number of nitrogens with one attached hydrogen (secondary N) is 2. The summed E-state index contributed by atoms with van der Waals surface area (Å²) in [6.45, 7) is 3.03. The zero-order valence-electron chi connectivity index (χ0n) is 15.4. The molecule has 1 saturated heterocycles. The molecule has 2 aromatic heterocycles. The first-order valence-corrected chi connectivity index (χ1v) is 9.45. The Morgan fingerprint density at radius 2 is 2.12 bits per heavy atom. The van der Waals surface area contributed by atoms with Gasteiger partial charge in [-0.2, -0.15) is 0 Å². The van der Waals surface area contributed by atoms with Gasteiger partial charge in [0.15, 0.2) is 5.96 Å². The van der Waals surface area contributed by atoms with Crippen molar-refractivity contribution in [2.24, 2.45) is 4.99 Å². The molecule has 26 heavy (non-hydrogen) atoms. The zero-order chi connectivity index (χ0) is 17.1. The number of pyridine rings is 1. The monoisotopic (exact) mass is 468 g/mol. The number of guanidine groups is 1. The molecule has 142 valence electrons. The first-order chi connectivity index (χ1) is 12.3. The van der Waals surface area contributed by atoms with Crippen molar-refractivity contribution in [1.29, 1.82) is 0 Å². The summed E-state index contributed by atoms with van der Waals surface area (Å²) in [7, 11) is 1.84. The summed E-state index contributed by atoms with van der Waals surface area (Å²) in [5.74, 6) is 0.871. The molecule has 0 radical (unpaired) electrons. The van der Waals surface area contributed by atoms with E-state index >= 15 is 0 Å². The Bertz CT molecular complexity index is 703. The predicted octanol–water partition coefficient (Wildman–Crippen LogP) is 2.63. The Kier molecular flexibility index (Phi) is 6.74. The normalized spacial score (nSPS) is 21.9. The molecular formula is C19H29IN6. The minimum Gasteiger partial charge on any atom is -0.352 e. The lowest BCUT2D eigenvalue weighted by Gasteiger charge is -2.24. The van der Waals surface area contributed by atoms with Gasteiger partial charge in [0.2, 0.25) is 0 Å². The van der Waals surface area contributed by atoms with Crippen LogP contribution in [0.1, 0.15) is 37.8 Å². The summed E-state index contributed by atoms with van der Waals surface area (Å²) in [5.41, 5.74) is 2.00. The number of fused-ring (bicyclic) bond motifs is 1. The first kappa shape index (κ1) is 19.4. The third-order valence-corrected chi connectivity index (χ3v) is 5.48. The van der Waals surface area contributed by atoms with Crippen molar-refractivity contribution in [1.82, 2.24) is 24.9 Å². The highest BCUT2D eigenvalue weighted by Crippen LogP contribution is 2.26. The standard InChI is InChI=1S/C19H28N6.HI/c1-20-19(21-12-16-14-25-10-5-4-8-18(25)22-16)23-15-9-11-24(13-15)17-6-2-3-7-17;/h4-5,8,10,14-15,17H,2-3,6-7,9,11-13H2,1H3,(H2,20,21,23);1H. The van der Waals surface area contributed by atoms with Gasteiger partial charge in [0.05, 0.1) is 12.2 Å². The average molecular weight is 468 g/mol. The molecule has 2 aromatic rings. The van der Waals surface area contributed by atoms with Gasteiger partial charge in [0.25, 0.3) is 0 Å². The van der Waals surface area contributed by atoms with Gasteiger partial charge in [0, 0.05) is 44.6 Å². The van der Waals surface area contributed by atoms with Crippen molar-refractivity contribution in [3.8, 4) is 0 Å². The van der Waals surface area contributed by atoms with Gasteiger partial charge < -0.3 is 15.0 Å². The van der Waals surface area contributed by atoms with E-state index in [0.29, 0.717) is 12.6 Å². The van der Waals surface area contributed by atoms with E-state index in [9.17, 15) is 0 Å². The number of nitrogens with zero attached hydrogens (tertiary/aromatic N) is 4. The topological polar surface area (TPSA) is 57.0 Å². The summed E-state index contributed by atoms with van der Waals surface area (Å²) < 4.78 is 2.05. The molecule has 1 atom stereocenters. The maximum absolute atomic E-state index is 4.62. The van der Waals surface area contributed by atoms with Gasteiger partial charge >= 0.3 is 0 Å². The van der Waals surface area contributed by atoms with E-state index in [4.69, 9.17) is 0 Å². The molecule has 6 nitrogen and oxygen atoms in total. The van der Waals surface area contributed by atoms with E-state index in [1.54, 1.807) is 0 Å². The van der Waals surface area contributed by atoms with Gasteiger partial charge in [-0.15, -0.1) is 24.0 Å². The van der Waals surface area contributed by atoms with Crippen molar-refractivity contribution in [2.75, 3.05) is 20.1 Å². The fraction of sp³-hybridized carbons (Fsp3) is 0.579. The molecule has 0 spiro atoms. The minimum atomic E-state index is 0. The molecule has 1 aliphatic carbocycles. The molecule has 1 unspecified atom stereocenters. The van der Waals surface area contributed by atoms with Crippen molar-refractivity contribution in [3.05, 3.63) is 36.3 Å². The van der Waals surface area contributed by atoms with Crippen LogP contribution in [0.3, 0.4) is 0 Å². The van der Waals surface area contributed by atoms with Crippen molar-refractivity contribution in [2.45, 2.75) is 50.7 Å².